The summed E-state index contributed by atoms with van der Waals surface area (Å²) in [6.45, 7) is -1.07. The Balaban J connectivity index is 0.00000480. The molecular weight excluding hydrogens is 639 g/mol. The topological polar surface area (TPSA) is 117 Å². The maximum atomic E-state index is 11.1. The molecule has 0 unspecified atom stereocenters. The Morgan fingerprint density at radius 3 is 1.66 bits per heavy atom. The van der Waals surface area contributed by atoms with Gasteiger partial charge in [-0.05, 0) is 34.1 Å². The number of alkyl halides is 6. The van der Waals surface area contributed by atoms with Crippen molar-refractivity contribution in [3.05, 3.63) is 34.3 Å². The zero-order valence-corrected chi connectivity index (χ0v) is 26.4. The van der Waals surface area contributed by atoms with E-state index in [1.54, 1.807) is 0 Å². The van der Waals surface area contributed by atoms with Gasteiger partial charge in [0.2, 0.25) is 7.59 Å². The van der Waals surface area contributed by atoms with E-state index in [4.69, 9.17) is 79.8 Å². The van der Waals surface area contributed by atoms with Crippen LogP contribution in [0.2, 0.25) is 0 Å². The predicted molar refractivity (Wildman–Crippen MR) is 119 cm³/mol. The van der Waals surface area contributed by atoms with Crippen molar-refractivity contribution in [1.82, 2.24) is 15.0 Å². The molecule has 0 radical (unpaired) electrons. The Morgan fingerprint density at radius 1 is 0.875 bits per heavy atom. The second-order valence-corrected chi connectivity index (χ2v) is 11.0. The van der Waals surface area contributed by atoms with Crippen LogP contribution in [0, 0.1) is 0 Å². The van der Waals surface area contributed by atoms with Gasteiger partial charge in [0, 0.05) is 10.0 Å². The van der Waals surface area contributed by atoms with Crippen molar-refractivity contribution in [1.29, 1.82) is 0 Å². The average Bonchev–Trinajstić information content (AvgIpc) is 2.58. The van der Waals surface area contributed by atoms with Crippen LogP contribution >= 0.6 is 85.5 Å². The molecule has 0 spiro atoms. The molecule has 0 aliphatic carbocycles. The first-order valence-electron chi connectivity index (χ1n) is 7.57. The summed E-state index contributed by atoms with van der Waals surface area (Å²) in [5.74, 6) is -2.97. The average molecular weight is 648 g/mol. The fourth-order valence-electron chi connectivity index (χ4n) is 2.21. The third kappa shape index (κ3) is 9.68. The van der Waals surface area contributed by atoms with Gasteiger partial charge in [0.15, 0.2) is 17.5 Å². The summed E-state index contributed by atoms with van der Waals surface area (Å²) in [7, 11) is 0. The minimum Gasteiger partial charge on any atom is -0.480 e. The number of carboxylic acids is 2. The van der Waals surface area contributed by atoms with Gasteiger partial charge in [-0.1, -0.05) is 69.6 Å². The largest absolute Gasteiger partial charge is 1.00 e. The van der Waals surface area contributed by atoms with Crippen molar-refractivity contribution in [2.45, 2.75) is 7.59 Å². The molecule has 1 heterocycles. The molecule has 17 heteroatoms. The second kappa shape index (κ2) is 13.5. The van der Waals surface area contributed by atoms with E-state index in [-0.39, 0.29) is 76.6 Å². The quantitative estimate of drug-likeness (QED) is 0.301. The first-order chi connectivity index (χ1) is 13.7. The van der Waals surface area contributed by atoms with Gasteiger partial charge in [-0.25, -0.2) is 15.0 Å². The molecule has 0 amide bonds. The number of carboxylic acid groups (broad SMARTS) is 2. The number of nitrogens with zero attached hydrogens (tertiary/aromatic N) is 4. The molecule has 0 bridgehead atoms. The van der Waals surface area contributed by atoms with Gasteiger partial charge in [-0.15, -0.1) is 0 Å². The van der Waals surface area contributed by atoms with Crippen LogP contribution in [-0.4, -0.2) is 50.2 Å². The van der Waals surface area contributed by atoms with Crippen LogP contribution in [0.3, 0.4) is 0 Å². The van der Waals surface area contributed by atoms with Crippen LogP contribution < -0.4 is 64.0 Å². The molecule has 2 aromatic rings. The summed E-state index contributed by atoms with van der Waals surface area (Å²) in [6, 6.07) is 4.47. The Kier molecular flexibility index (Phi) is 14.0. The van der Waals surface area contributed by atoms with E-state index in [0.717, 1.165) is 4.90 Å². The SMILES string of the molecule is O=C(O)CN(CC(=O)O)c1ccc(-c2nc(C(Cl)(Cl)Cl)nc(C(Cl)(Cl)Cl)n2)cc1Br.[Na+].[Na+]. The maximum Gasteiger partial charge on any atom is 1.00 e. The number of rotatable bonds is 6. The van der Waals surface area contributed by atoms with E-state index >= 15 is 0 Å². The van der Waals surface area contributed by atoms with Crippen molar-refractivity contribution >= 4 is 103 Å². The Bertz CT molecular complexity index is 945. The molecule has 32 heavy (non-hydrogen) atoms. The molecular formula is C15H9BrCl6N4Na2O4+2. The minimum atomic E-state index is -2.03. The molecule has 1 aromatic carbocycles. The van der Waals surface area contributed by atoms with Gasteiger partial charge < -0.3 is 15.1 Å². The van der Waals surface area contributed by atoms with Crippen molar-refractivity contribution < 1.29 is 78.9 Å². The molecule has 0 aliphatic rings. The van der Waals surface area contributed by atoms with Crippen LogP contribution in [0.15, 0.2) is 22.7 Å². The summed E-state index contributed by atoms with van der Waals surface area (Å²) in [5.41, 5.74) is 0.672. The van der Waals surface area contributed by atoms with Gasteiger partial charge in [-0.2, -0.15) is 0 Å². The van der Waals surface area contributed by atoms with Crippen molar-refractivity contribution in [2.24, 2.45) is 0 Å². The number of aliphatic carboxylic acids is 2. The Hall–Kier alpha value is 1.19. The standard InChI is InChI=1S/C15H9BrCl6N4O4.2Na/c16-7-3-6(1-2-8(7)26(4-9(27)28)5-10(29)30)11-23-12(14(17,18)19)25-13(24-11)15(20,21)22;;/h1-3H,4-5H2,(H,27,28)(H,29,30);;/q;2*+1. The van der Waals surface area contributed by atoms with E-state index < -0.39 is 32.6 Å². The van der Waals surface area contributed by atoms with E-state index in [1.807, 2.05) is 0 Å². The van der Waals surface area contributed by atoms with Crippen LogP contribution in [-0.2, 0) is 17.2 Å². The molecule has 8 nitrogen and oxygen atoms in total. The first kappa shape index (κ1) is 33.2. The molecule has 2 N–H and O–H groups in total. The van der Waals surface area contributed by atoms with E-state index in [1.165, 1.54) is 18.2 Å². The van der Waals surface area contributed by atoms with Gasteiger partial charge in [0.05, 0.1) is 5.69 Å². The number of benzene rings is 1. The van der Waals surface area contributed by atoms with Crippen LogP contribution in [0.4, 0.5) is 5.69 Å². The molecule has 0 saturated carbocycles. The number of carbonyl (C=O) groups is 2. The van der Waals surface area contributed by atoms with Crippen LogP contribution in [0.5, 0.6) is 0 Å². The summed E-state index contributed by atoms with van der Waals surface area (Å²) < 4.78 is -3.70. The van der Waals surface area contributed by atoms with Crippen LogP contribution in [0.1, 0.15) is 11.6 Å². The minimum absolute atomic E-state index is 0. The molecule has 0 fully saturated rings. The third-order valence-electron chi connectivity index (χ3n) is 3.34. The summed E-state index contributed by atoms with van der Waals surface area (Å²) in [5, 5.41) is 18.1. The summed E-state index contributed by atoms with van der Waals surface area (Å²) in [4.78, 5) is 35.3. The van der Waals surface area contributed by atoms with Crippen LogP contribution in [0.25, 0.3) is 11.4 Å². The molecule has 162 valence electrons. The maximum absolute atomic E-state index is 11.1. The number of anilines is 1. The van der Waals surface area contributed by atoms with Gasteiger partial charge in [0.1, 0.15) is 13.1 Å². The Labute approximate surface area is 265 Å². The van der Waals surface area contributed by atoms with Crippen molar-refractivity contribution in [3.63, 3.8) is 0 Å². The van der Waals surface area contributed by atoms with Gasteiger partial charge in [0.25, 0.3) is 0 Å². The zero-order chi connectivity index (χ0) is 22.9. The molecule has 1 aromatic heterocycles. The first-order valence-corrected chi connectivity index (χ1v) is 10.6. The summed E-state index contributed by atoms with van der Waals surface area (Å²) >= 11 is 38.4. The van der Waals surface area contributed by atoms with Gasteiger partial charge in [-0.3, -0.25) is 9.59 Å². The number of hydrogen-bond donors (Lipinski definition) is 2. The fraction of sp³-hybridized carbons (Fsp3) is 0.267. The number of aromatic nitrogens is 3. The molecule has 2 rings (SSSR count). The normalized spacial score (nSPS) is 11.2. The van der Waals surface area contributed by atoms with E-state index in [0.29, 0.717) is 15.7 Å². The monoisotopic (exact) mass is 644 g/mol. The second-order valence-electron chi connectivity index (χ2n) is 5.61. The third-order valence-corrected chi connectivity index (χ3v) is 4.99. The molecule has 0 saturated heterocycles. The molecule has 0 aliphatic heterocycles. The van der Waals surface area contributed by atoms with E-state index in [9.17, 15) is 9.59 Å². The zero-order valence-electron chi connectivity index (χ0n) is 16.3. The van der Waals surface area contributed by atoms with Gasteiger partial charge >= 0.3 is 71.1 Å². The molecule has 0 atom stereocenters. The number of halogens is 7. The van der Waals surface area contributed by atoms with Crippen molar-refractivity contribution in [3.8, 4) is 11.4 Å². The number of hydrogen-bond acceptors (Lipinski definition) is 6. The van der Waals surface area contributed by atoms with E-state index in [2.05, 4.69) is 30.9 Å². The predicted octanol–water partition coefficient (Wildman–Crippen LogP) is -1.06. The fourth-order valence-corrected chi connectivity index (χ4v) is 3.35. The summed E-state index contributed by atoms with van der Waals surface area (Å²) in [6.07, 6.45) is 0. The Morgan fingerprint density at radius 2 is 1.31 bits per heavy atom. The smallest absolute Gasteiger partial charge is 0.480 e. The van der Waals surface area contributed by atoms with Crippen molar-refractivity contribution in [2.75, 3.05) is 18.0 Å².